The molecule has 0 atom stereocenters. The molecule has 25 heavy (non-hydrogen) atoms. The highest BCUT2D eigenvalue weighted by Gasteiger charge is 2.44. The second kappa shape index (κ2) is 6.82. The Kier molecular flexibility index (Phi) is 4.75. The summed E-state index contributed by atoms with van der Waals surface area (Å²) in [6.45, 7) is 6.12. The van der Waals surface area contributed by atoms with Crippen LogP contribution < -0.4 is 10.9 Å². The Morgan fingerprint density at radius 3 is 2.48 bits per heavy atom. The first-order valence-corrected chi connectivity index (χ1v) is 8.88. The van der Waals surface area contributed by atoms with Crippen molar-refractivity contribution in [1.29, 1.82) is 0 Å². The monoisotopic (exact) mass is 339 g/mol. The minimum absolute atomic E-state index is 0.127. The van der Waals surface area contributed by atoms with Gasteiger partial charge in [0.05, 0.1) is 0 Å². The van der Waals surface area contributed by atoms with Crippen molar-refractivity contribution in [3.63, 3.8) is 0 Å². The van der Waals surface area contributed by atoms with Crippen molar-refractivity contribution in [2.24, 2.45) is 11.3 Å². The topological polar surface area (TPSA) is 74.8 Å². The first-order chi connectivity index (χ1) is 11.9. The van der Waals surface area contributed by atoms with Gasteiger partial charge in [0.2, 0.25) is 5.91 Å². The van der Waals surface area contributed by atoms with E-state index in [1.165, 1.54) is 6.07 Å². The molecule has 0 bridgehead atoms. The van der Waals surface area contributed by atoms with Crippen molar-refractivity contribution < 1.29 is 4.79 Å². The van der Waals surface area contributed by atoms with Crippen LogP contribution in [0.25, 0.3) is 11.4 Å². The van der Waals surface area contributed by atoms with Crippen LogP contribution >= 0.6 is 0 Å². The average Bonchev–Trinajstić information content (AvgIpc) is 2.50. The molecule has 0 spiro atoms. The zero-order valence-corrected chi connectivity index (χ0v) is 15.1. The van der Waals surface area contributed by atoms with Gasteiger partial charge in [0.15, 0.2) is 0 Å². The molecule has 1 aliphatic carbocycles. The fourth-order valence-corrected chi connectivity index (χ4v) is 3.60. The number of rotatable bonds is 5. The van der Waals surface area contributed by atoms with E-state index in [0.29, 0.717) is 17.4 Å². The Labute approximate surface area is 147 Å². The summed E-state index contributed by atoms with van der Waals surface area (Å²) in [6, 6.07) is 8.91. The molecule has 0 radical (unpaired) electrons. The zero-order chi connectivity index (χ0) is 18.0. The van der Waals surface area contributed by atoms with Crippen molar-refractivity contribution in [3.8, 4) is 11.4 Å². The number of carbonyl (C=O) groups excluding carboxylic acids is 1. The standard InChI is InChI=1S/C20H25N3O2/c1-13(2)12-20(9-4-10-20)19(25)22-16-7-5-15(6-8-16)18-21-14(3)11-17(24)23-18/h5-8,11,13H,4,9-10,12H2,1-3H3,(H,22,25)(H,21,23,24). The Hall–Kier alpha value is -2.43. The molecule has 2 N–H and O–H groups in total. The molecular formula is C20H25N3O2. The Morgan fingerprint density at radius 1 is 1.28 bits per heavy atom. The number of nitrogens with zero attached hydrogens (tertiary/aromatic N) is 1. The molecule has 0 unspecified atom stereocenters. The average molecular weight is 339 g/mol. The van der Waals surface area contributed by atoms with Gasteiger partial charge in [0.1, 0.15) is 5.82 Å². The summed E-state index contributed by atoms with van der Waals surface area (Å²) >= 11 is 0. The van der Waals surface area contributed by atoms with Crippen molar-refractivity contribution >= 4 is 11.6 Å². The van der Waals surface area contributed by atoms with Gasteiger partial charge in [-0.15, -0.1) is 0 Å². The van der Waals surface area contributed by atoms with Gasteiger partial charge in [-0.1, -0.05) is 20.3 Å². The molecule has 132 valence electrons. The van der Waals surface area contributed by atoms with E-state index in [-0.39, 0.29) is 16.9 Å². The number of benzene rings is 1. The summed E-state index contributed by atoms with van der Waals surface area (Å²) in [4.78, 5) is 31.4. The first-order valence-electron chi connectivity index (χ1n) is 8.88. The lowest BCUT2D eigenvalue weighted by Gasteiger charge is -2.41. The third-order valence-electron chi connectivity index (χ3n) is 4.88. The largest absolute Gasteiger partial charge is 0.326 e. The minimum Gasteiger partial charge on any atom is -0.326 e. The Morgan fingerprint density at radius 2 is 1.96 bits per heavy atom. The maximum absolute atomic E-state index is 12.7. The third kappa shape index (κ3) is 3.81. The van der Waals surface area contributed by atoms with Crippen molar-refractivity contribution in [2.75, 3.05) is 5.32 Å². The van der Waals surface area contributed by atoms with Gasteiger partial charge >= 0.3 is 0 Å². The number of carbonyl (C=O) groups is 1. The molecule has 0 saturated heterocycles. The smallest absolute Gasteiger partial charge is 0.251 e. The van der Waals surface area contributed by atoms with Crippen LogP contribution in [-0.4, -0.2) is 15.9 Å². The lowest BCUT2D eigenvalue weighted by molar-refractivity contribution is -0.131. The molecule has 5 heteroatoms. The summed E-state index contributed by atoms with van der Waals surface area (Å²) in [7, 11) is 0. The molecular weight excluding hydrogens is 314 g/mol. The SMILES string of the molecule is Cc1cc(=O)[nH]c(-c2ccc(NC(=O)C3(CC(C)C)CCC3)cc2)n1. The number of aryl methyl sites for hydroxylation is 1. The number of aromatic nitrogens is 2. The quantitative estimate of drug-likeness (QED) is 0.867. The molecule has 2 aromatic rings. The lowest BCUT2D eigenvalue weighted by Crippen LogP contribution is -2.42. The van der Waals surface area contributed by atoms with E-state index >= 15 is 0 Å². The number of hydrogen-bond donors (Lipinski definition) is 2. The zero-order valence-electron chi connectivity index (χ0n) is 15.1. The van der Waals surface area contributed by atoms with Gasteiger partial charge in [-0.25, -0.2) is 4.98 Å². The summed E-state index contributed by atoms with van der Waals surface area (Å²) < 4.78 is 0. The molecule has 1 aromatic carbocycles. The van der Waals surface area contributed by atoms with Crippen molar-refractivity contribution in [2.45, 2.75) is 46.5 Å². The van der Waals surface area contributed by atoms with Crippen LogP contribution in [0.2, 0.25) is 0 Å². The second-order valence-electron chi connectivity index (χ2n) is 7.50. The molecule has 1 aromatic heterocycles. The Balaban J connectivity index is 1.74. The summed E-state index contributed by atoms with van der Waals surface area (Å²) in [5.74, 6) is 1.18. The third-order valence-corrected chi connectivity index (χ3v) is 4.88. The summed E-state index contributed by atoms with van der Waals surface area (Å²) in [6.07, 6.45) is 4.02. The number of anilines is 1. The highest BCUT2D eigenvalue weighted by Crippen LogP contribution is 2.46. The molecule has 1 saturated carbocycles. The van der Waals surface area contributed by atoms with Crippen molar-refractivity contribution in [3.05, 3.63) is 46.4 Å². The maximum Gasteiger partial charge on any atom is 0.251 e. The van der Waals surface area contributed by atoms with E-state index in [0.717, 1.165) is 36.9 Å². The Bertz CT molecular complexity index is 818. The van der Waals surface area contributed by atoms with Crippen LogP contribution in [0.15, 0.2) is 35.1 Å². The van der Waals surface area contributed by atoms with Crippen LogP contribution in [0.1, 0.15) is 45.2 Å². The van der Waals surface area contributed by atoms with Crippen molar-refractivity contribution in [1.82, 2.24) is 9.97 Å². The number of amides is 1. The molecule has 1 aliphatic rings. The fourth-order valence-electron chi connectivity index (χ4n) is 3.60. The fraction of sp³-hybridized carbons (Fsp3) is 0.450. The molecule has 5 nitrogen and oxygen atoms in total. The number of aromatic amines is 1. The number of hydrogen-bond acceptors (Lipinski definition) is 3. The van der Waals surface area contributed by atoms with Crippen LogP contribution in [0, 0.1) is 18.3 Å². The van der Waals surface area contributed by atoms with Gasteiger partial charge in [-0.3, -0.25) is 9.59 Å². The van der Waals surface area contributed by atoms with Crippen LogP contribution in [0.4, 0.5) is 5.69 Å². The molecule has 3 rings (SSSR count). The second-order valence-corrected chi connectivity index (χ2v) is 7.50. The minimum atomic E-state index is -0.198. The van der Waals surface area contributed by atoms with E-state index in [2.05, 4.69) is 29.1 Å². The predicted octanol–water partition coefficient (Wildman–Crippen LogP) is 3.90. The van der Waals surface area contributed by atoms with E-state index in [9.17, 15) is 9.59 Å². The van der Waals surface area contributed by atoms with E-state index in [1.54, 1.807) is 6.92 Å². The molecule has 0 aliphatic heterocycles. The summed E-state index contributed by atoms with van der Waals surface area (Å²) in [5, 5.41) is 3.06. The van der Waals surface area contributed by atoms with E-state index in [1.807, 2.05) is 24.3 Å². The van der Waals surface area contributed by atoms with Gasteiger partial charge in [-0.05, 0) is 56.4 Å². The van der Waals surface area contributed by atoms with Gasteiger partial charge < -0.3 is 10.3 Å². The van der Waals surface area contributed by atoms with Crippen LogP contribution in [0.5, 0.6) is 0 Å². The lowest BCUT2D eigenvalue weighted by atomic mass is 9.64. The summed E-state index contributed by atoms with van der Waals surface area (Å²) in [5.41, 5.74) is 1.91. The van der Waals surface area contributed by atoms with Crippen LogP contribution in [-0.2, 0) is 4.79 Å². The molecule has 1 amide bonds. The highest BCUT2D eigenvalue weighted by atomic mass is 16.2. The number of H-pyrrole nitrogens is 1. The maximum atomic E-state index is 12.7. The highest BCUT2D eigenvalue weighted by molar-refractivity contribution is 5.96. The van der Waals surface area contributed by atoms with E-state index < -0.39 is 0 Å². The predicted molar refractivity (Wildman–Crippen MR) is 99.4 cm³/mol. The normalized spacial score (nSPS) is 15.7. The van der Waals surface area contributed by atoms with Gasteiger partial charge in [0.25, 0.3) is 5.56 Å². The van der Waals surface area contributed by atoms with Gasteiger partial charge in [0, 0.05) is 28.4 Å². The molecule has 1 fully saturated rings. The van der Waals surface area contributed by atoms with Gasteiger partial charge in [-0.2, -0.15) is 0 Å². The number of nitrogens with one attached hydrogen (secondary N) is 2. The molecule has 1 heterocycles. The van der Waals surface area contributed by atoms with Crippen LogP contribution in [0.3, 0.4) is 0 Å². The van der Waals surface area contributed by atoms with E-state index in [4.69, 9.17) is 0 Å². The first kappa shape index (κ1) is 17.4.